The van der Waals surface area contributed by atoms with Crippen LogP contribution in [0.3, 0.4) is 0 Å². The highest BCUT2D eigenvalue weighted by molar-refractivity contribution is 5.84. The number of nitrogens with zero attached hydrogens (tertiary/aromatic N) is 4. The Hall–Kier alpha value is -5.46. The number of aliphatic carboxylic acids is 2. The van der Waals surface area contributed by atoms with Crippen molar-refractivity contribution in [3.8, 4) is 22.6 Å². The summed E-state index contributed by atoms with van der Waals surface area (Å²) < 4.78 is 42.9. The molecule has 2 fully saturated rings. The number of rotatable bonds is 13. The molecule has 2 N–H and O–H groups in total. The van der Waals surface area contributed by atoms with E-state index in [1.807, 2.05) is 60.0 Å². The lowest BCUT2D eigenvalue weighted by molar-refractivity contribution is -0.145. The molecule has 4 aromatic rings. The molecule has 0 spiro atoms. The molecule has 0 saturated carbocycles. The van der Waals surface area contributed by atoms with Gasteiger partial charge < -0.3 is 19.7 Å². The Morgan fingerprint density at radius 1 is 0.714 bits per heavy atom. The largest absolute Gasteiger partial charge is 0.496 e. The fraction of sp³-hybridized carbons (Fsp3) is 0.364. The van der Waals surface area contributed by atoms with Crippen molar-refractivity contribution < 1.29 is 38.1 Å². The molecule has 2 aromatic carbocycles. The third kappa shape index (κ3) is 8.98. The lowest BCUT2D eigenvalue weighted by Crippen LogP contribution is -2.44. The van der Waals surface area contributed by atoms with Crippen LogP contribution in [0.4, 0.5) is 8.78 Å². The second-order valence-electron chi connectivity index (χ2n) is 14.4. The molecule has 2 aliphatic rings. The molecule has 0 amide bonds. The first-order valence-corrected chi connectivity index (χ1v) is 18.9. The van der Waals surface area contributed by atoms with E-state index in [2.05, 4.69) is 9.97 Å². The lowest BCUT2D eigenvalue weighted by Gasteiger charge is -2.33. The zero-order valence-electron chi connectivity index (χ0n) is 32.2. The van der Waals surface area contributed by atoms with E-state index >= 15 is 8.78 Å². The van der Waals surface area contributed by atoms with Crippen LogP contribution >= 0.6 is 0 Å². The molecular formula is C44H48F2N4O6. The van der Waals surface area contributed by atoms with E-state index in [1.165, 1.54) is 38.5 Å². The number of carbonyl (C=O) groups is 2. The van der Waals surface area contributed by atoms with Gasteiger partial charge in [0.2, 0.25) is 0 Å². The van der Waals surface area contributed by atoms with E-state index < -0.39 is 35.7 Å². The van der Waals surface area contributed by atoms with Crippen LogP contribution in [0, 0.1) is 13.8 Å². The molecule has 4 heterocycles. The minimum absolute atomic E-state index is 0.0943. The number of carboxylic acid groups (broad SMARTS) is 2. The number of benzene rings is 2. The van der Waals surface area contributed by atoms with Gasteiger partial charge >= 0.3 is 11.9 Å². The summed E-state index contributed by atoms with van der Waals surface area (Å²) in [4.78, 5) is 36.2. The highest BCUT2D eigenvalue weighted by Gasteiger charge is 2.30. The predicted octanol–water partition coefficient (Wildman–Crippen LogP) is 8.59. The summed E-state index contributed by atoms with van der Waals surface area (Å²) in [6, 6.07) is 13.1. The second kappa shape index (κ2) is 18.0. The van der Waals surface area contributed by atoms with Gasteiger partial charge in [0.05, 0.1) is 14.2 Å². The van der Waals surface area contributed by atoms with Crippen LogP contribution in [0.25, 0.3) is 34.9 Å². The van der Waals surface area contributed by atoms with Gasteiger partial charge in [-0.3, -0.25) is 29.4 Å². The van der Waals surface area contributed by atoms with Crippen LogP contribution < -0.4 is 9.47 Å². The van der Waals surface area contributed by atoms with E-state index in [-0.39, 0.29) is 11.4 Å². The average Bonchev–Trinajstić information content (AvgIpc) is 3.20. The number of halogens is 2. The van der Waals surface area contributed by atoms with Gasteiger partial charge in [0.1, 0.15) is 46.6 Å². The van der Waals surface area contributed by atoms with E-state index in [9.17, 15) is 19.8 Å². The molecule has 2 atom stereocenters. The van der Waals surface area contributed by atoms with Crippen LogP contribution in [-0.4, -0.2) is 81.3 Å². The van der Waals surface area contributed by atoms with Gasteiger partial charge in [0.25, 0.3) is 0 Å². The Bertz CT molecular complexity index is 2000. The molecule has 6 rings (SSSR count). The smallest absolute Gasteiger partial charge is 0.320 e. The van der Waals surface area contributed by atoms with Crippen LogP contribution in [-0.2, 0) is 22.7 Å². The molecule has 294 valence electrons. The van der Waals surface area contributed by atoms with Crippen molar-refractivity contribution in [2.24, 2.45) is 0 Å². The number of piperidine rings is 2. The number of pyridine rings is 2. The molecule has 0 radical (unpaired) electrons. The Morgan fingerprint density at radius 2 is 1.12 bits per heavy atom. The second-order valence-corrected chi connectivity index (χ2v) is 14.4. The normalized spacial score (nSPS) is 18.5. The molecule has 56 heavy (non-hydrogen) atoms. The monoisotopic (exact) mass is 766 g/mol. The third-order valence-electron chi connectivity index (χ3n) is 11.0. The van der Waals surface area contributed by atoms with Gasteiger partial charge in [-0.05, 0) is 98.2 Å². The minimum Gasteiger partial charge on any atom is -0.496 e. The summed E-state index contributed by atoms with van der Waals surface area (Å²) in [6.45, 7) is 5.79. The molecule has 2 aliphatic heterocycles. The first-order chi connectivity index (χ1) is 27.0. The maximum Gasteiger partial charge on any atom is 0.320 e. The number of carboxylic acids is 2. The summed E-state index contributed by atoms with van der Waals surface area (Å²) in [6.07, 6.45) is 10.7. The van der Waals surface area contributed by atoms with Gasteiger partial charge in [-0.2, -0.15) is 0 Å². The topological polar surface area (TPSA) is 125 Å². The first-order valence-electron chi connectivity index (χ1n) is 18.9. The van der Waals surface area contributed by atoms with Crippen LogP contribution in [0.1, 0.15) is 83.3 Å². The van der Waals surface area contributed by atoms with Gasteiger partial charge in [0.15, 0.2) is 0 Å². The molecular weight excluding hydrogens is 719 g/mol. The van der Waals surface area contributed by atoms with Crippen LogP contribution in [0.15, 0.2) is 60.9 Å². The number of likely N-dealkylation sites (tertiary alicyclic amines) is 2. The molecule has 0 bridgehead atoms. The lowest BCUT2D eigenvalue weighted by atomic mass is 9.91. The van der Waals surface area contributed by atoms with Crippen molar-refractivity contribution in [2.75, 3.05) is 27.3 Å². The molecule has 2 aromatic heterocycles. The SMILES string of the molecule is COc1cc(/C(F)=C/c2cccc(-c3cccc(/C=C(\F)c4cc(OC)c(CN5CCCC[C@H]5C(=O)O)cn4)c3C)c2C)ncc1CN1CCCC[C@H]1C(=O)O. The summed E-state index contributed by atoms with van der Waals surface area (Å²) in [5.41, 5.74) is 6.21. The highest BCUT2D eigenvalue weighted by atomic mass is 19.1. The number of methoxy groups -OCH3 is 2. The molecule has 10 nitrogen and oxygen atoms in total. The Morgan fingerprint density at radius 3 is 1.50 bits per heavy atom. The van der Waals surface area contributed by atoms with E-state index in [1.54, 1.807) is 12.4 Å². The zero-order valence-corrected chi connectivity index (χ0v) is 32.2. The van der Waals surface area contributed by atoms with Crippen LogP contribution in [0.2, 0.25) is 0 Å². The summed E-state index contributed by atoms with van der Waals surface area (Å²) in [7, 11) is 3.00. The number of hydrogen-bond donors (Lipinski definition) is 2. The Balaban J connectivity index is 1.22. The third-order valence-corrected chi connectivity index (χ3v) is 11.0. The quantitative estimate of drug-likeness (QED) is 0.137. The summed E-state index contributed by atoms with van der Waals surface area (Å²) in [5, 5.41) is 19.4. The Labute approximate surface area is 326 Å². The van der Waals surface area contributed by atoms with Gasteiger partial charge in [-0.25, -0.2) is 8.78 Å². The van der Waals surface area contributed by atoms with Crippen molar-refractivity contribution in [1.29, 1.82) is 0 Å². The van der Waals surface area contributed by atoms with Gasteiger partial charge in [0, 0.05) is 48.7 Å². The fourth-order valence-corrected chi connectivity index (χ4v) is 7.79. The molecule has 2 saturated heterocycles. The first kappa shape index (κ1) is 40.2. The average molecular weight is 767 g/mol. The molecule has 0 aliphatic carbocycles. The zero-order chi connectivity index (χ0) is 39.9. The van der Waals surface area contributed by atoms with E-state index in [0.29, 0.717) is 72.8 Å². The van der Waals surface area contributed by atoms with Gasteiger partial charge in [-0.15, -0.1) is 0 Å². The summed E-state index contributed by atoms with van der Waals surface area (Å²) in [5.74, 6) is -1.95. The Kier molecular flexibility index (Phi) is 12.9. The van der Waals surface area contributed by atoms with E-state index in [4.69, 9.17) is 9.47 Å². The number of ether oxygens (including phenoxy) is 2. The van der Waals surface area contributed by atoms with Crippen molar-refractivity contribution in [2.45, 2.75) is 77.5 Å². The molecule has 0 unspecified atom stereocenters. The van der Waals surface area contributed by atoms with E-state index in [0.717, 1.165) is 47.9 Å². The maximum atomic E-state index is 15.9. The highest BCUT2D eigenvalue weighted by Crippen LogP contribution is 2.35. The van der Waals surface area contributed by atoms with Crippen molar-refractivity contribution >= 4 is 35.7 Å². The maximum absolute atomic E-state index is 15.9. The number of aromatic nitrogens is 2. The van der Waals surface area contributed by atoms with Crippen molar-refractivity contribution in [3.63, 3.8) is 0 Å². The predicted molar refractivity (Wildman–Crippen MR) is 212 cm³/mol. The molecule has 12 heteroatoms. The fourth-order valence-electron chi connectivity index (χ4n) is 7.79. The standard InChI is InChI=1S/C44H48F2N4O6/c1-27-29(19-35(45)37-21-41(55-3)31(23-47-37)25-49-17-7-5-15-39(49)43(51)52)11-9-13-33(27)34-14-10-12-30(28(34)2)20-36(46)38-22-42(56-4)32(24-48-38)26-50-18-8-6-16-40(50)44(53)54/h9-14,19-24,39-40H,5-8,15-18,25-26H2,1-4H3,(H,51,52)(H,53,54)/b35-19-,36-20-/t39-,40-/m0/s1. The summed E-state index contributed by atoms with van der Waals surface area (Å²) >= 11 is 0. The van der Waals surface area contributed by atoms with Crippen LogP contribution in [0.5, 0.6) is 11.5 Å². The minimum atomic E-state index is -0.853. The number of hydrogen-bond acceptors (Lipinski definition) is 8. The van der Waals surface area contributed by atoms with Crippen molar-refractivity contribution in [3.05, 3.63) is 106 Å². The van der Waals surface area contributed by atoms with Crippen molar-refractivity contribution in [1.82, 2.24) is 19.8 Å². The van der Waals surface area contributed by atoms with Gasteiger partial charge in [-0.1, -0.05) is 49.2 Å².